The van der Waals surface area contributed by atoms with Crippen molar-refractivity contribution in [3.63, 3.8) is 0 Å². The zero-order valence-electron chi connectivity index (χ0n) is 8.89. The summed E-state index contributed by atoms with van der Waals surface area (Å²) in [6.07, 6.45) is 0. The zero-order chi connectivity index (χ0) is 11.5. The molecule has 0 saturated heterocycles. The molecular formula is C11H15F2NO. The average molecular weight is 215 g/mol. The van der Waals surface area contributed by atoms with E-state index < -0.39 is 17.2 Å². The van der Waals surface area contributed by atoms with Gasteiger partial charge >= 0.3 is 0 Å². The fraction of sp³-hybridized carbons (Fsp3) is 0.455. The molecule has 0 aromatic heterocycles. The van der Waals surface area contributed by atoms with E-state index in [-0.39, 0.29) is 6.61 Å². The van der Waals surface area contributed by atoms with E-state index in [0.29, 0.717) is 12.2 Å². The van der Waals surface area contributed by atoms with Crippen molar-refractivity contribution in [2.75, 3.05) is 13.2 Å². The maximum Gasteiger partial charge on any atom is 0.159 e. The minimum atomic E-state index is -0.888. The number of rotatable bonds is 4. The third-order valence-electron chi connectivity index (χ3n) is 2.19. The molecule has 0 spiro atoms. The van der Waals surface area contributed by atoms with Gasteiger partial charge in [-0.1, -0.05) is 6.07 Å². The molecule has 0 aliphatic rings. The summed E-state index contributed by atoms with van der Waals surface area (Å²) in [7, 11) is 0. The summed E-state index contributed by atoms with van der Waals surface area (Å²) >= 11 is 0. The Labute approximate surface area is 88.0 Å². The molecule has 2 N–H and O–H groups in total. The van der Waals surface area contributed by atoms with Crippen LogP contribution < -0.4 is 5.73 Å². The number of hydrogen-bond acceptors (Lipinski definition) is 2. The highest BCUT2D eigenvalue weighted by molar-refractivity contribution is 5.24. The van der Waals surface area contributed by atoms with Crippen LogP contribution in [0.2, 0.25) is 0 Å². The lowest BCUT2D eigenvalue weighted by Gasteiger charge is -2.24. The zero-order valence-corrected chi connectivity index (χ0v) is 8.89. The lowest BCUT2D eigenvalue weighted by molar-refractivity contribution is 0.101. The quantitative estimate of drug-likeness (QED) is 0.835. The second-order valence-electron chi connectivity index (χ2n) is 3.68. The van der Waals surface area contributed by atoms with Crippen LogP contribution in [0.1, 0.15) is 19.4 Å². The van der Waals surface area contributed by atoms with Gasteiger partial charge < -0.3 is 10.5 Å². The van der Waals surface area contributed by atoms with Crippen LogP contribution in [0, 0.1) is 11.6 Å². The van der Waals surface area contributed by atoms with Gasteiger partial charge in [0.15, 0.2) is 11.6 Å². The van der Waals surface area contributed by atoms with Crippen LogP contribution in [0.15, 0.2) is 18.2 Å². The van der Waals surface area contributed by atoms with Crippen molar-refractivity contribution in [1.82, 2.24) is 0 Å². The van der Waals surface area contributed by atoms with Gasteiger partial charge in [-0.05, 0) is 31.5 Å². The number of ether oxygens (including phenoxy) is 1. The molecule has 15 heavy (non-hydrogen) atoms. The molecule has 1 aromatic carbocycles. The monoisotopic (exact) mass is 215 g/mol. The van der Waals surface area contributed by atoms with Gasteiger partial charge in [-0.2, -0.15) is 0 Å². The highest BCUT2D eigenvalue weighted by Gasteiger charge is 2.22. The molecular weight excluding hydrogens is 200 g/mol. The highest BCUT2D eigenvalue weighted by Crippen LogP contribution is 2.20. The van der Waals surface area contributed by atoms with Gasteiger partial charge in [0.05, 0.1) is 12.1 Å². The molecule has 2 nitrogen and oxygen atoms in total. The third-order valence-corrected chi connectivity index (χ3v) is 2.19. The molecule has 1 atom stereocenters. The smallest absolute Gasteiger partial charge is 0.159 e. The van der Waals surface area contributed by atoms with Crippen LogP contribution in [0.25, 0.3) is 0 Å². The van der Waals surface area contributed by atoms with Gasteiger partial charge in [-0.3, -0.25) is 0 Å². The minimum absolute atomic E-state index is 0.272. The summed E-state index contributed by atoms with van der Waals surface area (Å²) in [5, 5.41) is 0. The maximum absolute atomic E-state index is 13.0. The van der Waals surface area contributed by atoms with Crippen molar-refractivity contribution in [2.45, 2.75) is 19.4 Å². The van der Waals surface area contributed by atoms with Gasteiger partial charge in [0.1, 0.15) is 0 Å². The van der Waals surface area contributed by atoms with Crippen LogP contribution >= 0.6 is 0 Å². The van der Waals surface area contributed by atoms with Crippen LogP contribution in [-0.2, 0) is 10.3 Å². The molecule has 0 saturated carbocycles. The molecule has 1 rings (SSSR count). The van der Waals surface area contributed by atoms with Crippen molar-refractivity contribution in [1.29, 1.82) is 0 Å². The Morgan fingerprint density at radius 2 is 2.00 bits per heavy atom. The van der Waals surface area contributed by atoms with E-state index in [9.17, 15) is 8.78 Å². The molecule has 1 unspecified atom stereocenters. The first-order valence-electron chi connectivity index (χ1n) is 4.79. The van der Waals surface area contributed by atoms with E-state index in [1.165, 1.54) is 6.07 Å². The summed E-state index contributed by atoms with van der Waals surface area (Å²) in [5.74, 6) is -1.76. The summed E-state index contributed by atoms with van der Waals surface area (Å²) in [6, 6.07) is 3.65. The van der Waals surface area contributed by atoms with Crippen molar-refractivity contribution in [3.05, 3.63) is 35.4 Å². The first kappa shape index (κ1) is 12.1. The van der Waals surface area contributed by atoms with Gasteiger partial charge in [0.2, 0.25) is 0 Å². The summed E-state index contributed by atoms with van der Waals surface area (Å²) in [4.78, 5) is 0. The first-order valence-corrected chi connectivity index (χ1v) is 4.79. The molecule has 4 heteroatoms. The molecule has 0 bridgehead atoms. The fourth-order valence-corrected chi connectivity index (χ4v) is 1.25. The van der Waals surface area contributed by atoms with Crippen LogP contribution in [0.3, 0.4) is 0 Å². The summed E-state index contributed by atoms with van der Waals surface area (Å²) in [6.45, 7) is 4.38. The van der Waals surface area contributed by atoms with E-state index in [1.54, 1.807) is 6.92 Å². The molecule has 1 aromatic rings. The van der Waals surface area contributed by atoms with E-state index in [1.807, 2.05) is 6.92 Å². The van der Waals surface area contributed by atoms with Gasteiger partial charge in [0, 0.05) is 6.61 Å². The number of halogens is 2. The number of benzene rings is 1. The Morgan fingerprint density at radius 3 is 2.53 bits per heavy atom. The molecule has 0 fully saturated rings. The Kier molecular flexibility index (Phi) is 3.77. The van der Waals surface area contributed by atoms with Gasteiger partial charge in [-0.15, -0.1) is 0 Å². The SMILES string of the molecule is CCOCC(C)(N)c1ccc(F)c(F)c1. The lowest BCUT2D eigenvalue weighted by Crippen LogP contribution is -2.38. The van der Waals surface area contributed by atoms with E-state index >= 15 is 0 Å². The average Bonchev–Trinajstić information content (AvgIpc) is 2.19. The van der Waals surface area contributed by atoms with Gasteiger partial charge in [-0.25, -0.2) is 8.78 Å². The van der Waals surface area contributed by atoms with Crippen molar-refractivity contribution >= 4 is 0 Å². The minimum Gasteiger partial charge on any atom is -0.379 e. The lowest BCUT2D eigenvalue weighted by atomic mass is 9.94. The van der Waals surface area contributed by atoms with Crippen LogP contribution in [0.4, 0.5) is 8.78 Å². The Morgan fingerprint density at radius 1 is 1.33 bits per heavy atom. The predicted octanol–water partition coefficient (Wildman–Crippen LogP) is 2.18. The van der Waals surface area contributed by atoms with E-state index in [0.717, 1.165) is 12.1 Å². The standard InChI is InChI=1S/C11H15F2NO/c1-3-15-7-11(2,14)8-4-5-9(12)10(13)6-8/h4-6H,3,7,14H2,1-2H3. The normalized spacial score (nSPS) is 15.0. The molecule has 0 aliphatic heterocycles. The van der Waals surface area contributed by atoms with Crippen LogP contribution in [-0.4, -0.2) is 13.2 Å². The third kappa shape index (κ3) is 2.97. The molecule has 0 aliphatic carbocycles. The van der Waals surface area contributed by atoms with E-state index in [2.05, 4.69) is 0 Å². The predicted molar refractivity (Wildman–Crippen MR) is 54.4 cm³/mol. The van der Waals surface area contributed by atoms with Crippen LogP contribution in [0.5, 0.6) is 0 Å². The first-order chi connectivity index (χ1) is 6.97. The van der Waals surface area contributed by atoms with E-state index in [4.69, 9.17) is 10.5 Å². The largest absolute Gasteiger partial charge is 0.379 e. The highest BCUT2D eigenvalue weighted by atomic mass is 19.2. The molecule has 0 heterocycles. The van der Waals surface area contributed by atoms with Crippen molar-refractivity contribution in [3.8, 4) is 0 Å². The summed E-state index contributed by atoms with van der Waals surface area (Å²) in [5.41, 5.74) is 5.65. The Hall–Kier alpha value is -1.00. The van der Waals surface area contributed by atoms with Gasteiger partial charge in [0.25, 0.3) is 0 Å². The molecule has 84 valence electrons. The Balaban J connectivity index is 2.89. The molecule has 0 radical (unpaired) electrons. The number of hydrogen-bond donors (Lipinski definition) is 1. The van der Waals surface area contributed by atoms with Crippen molar-refractivity contribution in [2.24, 2.45) is 5.73 Å². The summed E-state index contributed by atoms with van der Waals surface area (Å²) < 4.78 is 30.8. The molecule has 0 amide bonds. The fourth-order valence-electron chi connectivity index (χ4n) is 1.25. The van der Waals surface area contributed by atoms with Crippen molar-refractivity contribution < 1.29 is 13.5 Å². The second kappa shape index (κ2) is 4.68. The number of nitrogens with two attached hydrogens (primary N) is 1. The topological polar surface area (TPSA) is 35.2 Å². The second-order valence-corrected chi connectivity index (χ2v) is 3.68. The Bertz CT molecular complexity index is 339. The maximum atomic E-state index is 13.0.